The van der Waals surface area contributed by atoms with Crippen LogP contribution in [0, 0.1) is 13.8 Å². The lowest BCUT2D eigenvalue weighted by atomic mass is 10.0. The van der Waals surface area contributed by atoms with Gasteiger partial charge in [-0.05, 0) is 32.8 Å². The molecule has 4 nitrogen and oxygen atoms in total. The highest BCUT2D eigenvalue weighted by Crippen LogP contribution is 2.13. The number of benzene rings is 1. The van der Waals surface area contributed by atoms with E-state index in [0.29, 0.717) is 24.9 Å². The Kier molecular flexibility index (Phi) is 5.37. The van der Waals surface area contributed by atoms with E-state index in [0.717, 1.165) is 11.3 Å². The molecule has 1 aromatic carbocycles. The number of aromatic amines is 1. The van der Waals surface area contributed by atoms with Gasteiger partial charge in [-0.1, -0.05) is 48.4 Å². The predicted molar refractivity (Wildman–Crippen MR) is 94.2 cm³/mol. The van der Waals surface area contributed by atoms with Crippen molar-refractivity contribution in [2.45, 2.75) is 47.1 Å². The molecule has 2 rings (SSSR count). The van der Waals surface area contributed by atoms with Gasteiger partial charge >= 0.3 is 5.69 Å². The summed E-state index contributed by atoms with van der Waals surface area (Å²) in [6.07, 6.45) is 4.81. The molecule has 0 saturated carbocycles. The van der Waals surface area contributed by atoms with Gasteiger partial charge in [-0.15, -0.1) is 0 Å². The van der Waals surface area contributed by atoms with Crippen LogP contribution in [-0.2, 0) is 19.4 Å². The van der Waals surface area contributed by atoms with Gasteiger partial charge in [0.25, 0.3) is 5.56 Å². The molecule has 1 aromatic heterocycles. The fourth-order valence-electron chi connectivity index (χ4n) is 2.92. The third kappa shape index (κ3) is 3.89. The third-order valence-electron chi connectivity index (χ3n) is 3.91. The van der Waals surface area contributed by atoms with Crippen molar-refractivity contribution >= 4 is 0 Å². The van der Waals surface area contributed by atoms with Crippen LogP contribution in [0.2, 0.25) is 0 Å². The minimum atomic E-state index is -0.343. The summed E-state index contributed by atoms with van der Waals surface area (Å²) in [5.74, 6) is 0. The van der Waals surface area contributed by atoms with Crippen LogP contribution < -0.4 is 11.2 Å². The summed E-state index contributed by atoms with van der Waals surface area (Å²) < 4.78 is 1.25. The first kappa shape index (κ1) is 17.0. The zero-order valence-electron chi connectivity index (χ0n) is 14.3. The highest BCUT2D eigenvalue weighted by Gasteiger charge is 2.12. The summed E-state index contributed by atoms with van der Waals surface area (Å²) in [7, 11) is 0. The Morgan fingerprint density at radius 1 is 1.13 bits per heavy atom. The number of nitrogens with zero attached hydrogens (tertiary/aromatic N) is 1. The van der Waals surface area contributed by atoms with E-state index in [9.17, 15) is 9.59 Å². The average Bonchev–Trinajstić information content (AvgIpc) is 2.46. The van der Waals surface area contributed by atoms with E-state index in [1.807, 2.05) is 19.9 Å². The Bertz CT molecular complexity index is 821. The van der Waals surface area contributed by atoms with E-state index in [4.69, 9.17) is 0 Å². The fraction of sp³-hybridized carbons (Fsp3) is 0.368. The molecular formula is C19H24N2O2. The van der Waals surface area contributed by atoms with Crippen molar-refractivity contribution in [2.75, 3.05) is 0 Å². The Morgan fingerprint density at radius 2 is 1.78 bits per heavy atom. The quantitative estimate of drug-likeness (QED) is 0.863. The normalized spacial score (nSPS) is 11.3. The van der Waals surface area contributed by atoms with Gasteiger partial charge in [-0.3, -0.25) is 9.36 Å². The molecule has 0 aliphatic carbocycles. The van der Waals surface area contributed by atoms with Crippen molar-refractivity contribution < 1.29 is 0 Å². The lowest BCUT2D eigenvalue weighted by molar-refractivity contribution is 0.685. The molecule has 0 aliphatic heterocycles. The summed E-state index contributed by atoms with van der Waals surface area (Å²) in [5.41, 5.74) is 4.36. The highest BCUT2D eigenvalue weighted by molar-refractivity contribution is 5.33. The Morgan fingerprint density at radius 3 is 2.35 bits per heavy atom. The van der Waals surface area contributed by atoms with Crippen molar-refractivity contribution in [2.24, 2.45) is 0 Å². The van der Waals surface area contributed by atoms with E-state index in [-0.39, 0.29) is 11.2 Å². The van der Waals surface area contributed by atoms with Crippen LogP contribution in [0.4, 0.5) is 0 Å². The number of allylic oxidation sites excluding steroid dienone is 2. The van der Waals surface area contributed by atoms with Crippen molar-refractivity contribution in [3.63, 3.8) is 0 Å². The Labute approximate surface area is 136 Å². The first-order valence-electron chi connectivity index (χ1n) is 7.99. The zero-order valence-corrected chi connectivity index (χ0v) is 14.3. The van der Waals surface area contributed by atoms with E-state index in [1.165, 1.54) is 15.7 Å². The number of nitrogens with one attached hydrogen (secondary N) is 1. The standard InChI is InChI=1S/C19H24N2O2/c1-5-7-8-21-18(22)16(6-2)17(20-19(21)23)12-15-10-13(3)9-14(4)11-15/h5,7,9-11H,6,8,12H2,1-4H3,(H,20,23)/b7-5+. The maximum Gasteiger partial charge on any atom is 0.328 e. The number of rotatable bonds is 5. The van der Waals surface area contributed by atoms with E-state index in [1.54, 1.807) is 6.08 Å². The largest absolute Gasteiger partial charge is 0.328 e. The molecule has 0 radical (unpaired) electrons. The van der Waals surface area contributed by atoms with Crippen molar-refractivity contribution in [1.29, 1.82) is 0 Å². The maximum absolute atomic E-state index is 12.6. The minimum Gasteiger partial charge on any atom is -0.310 e. The van der Waals surface area contributed by atoms with Crippen LogP contribution >= 0.6 is 0 Å². The number of aryl methyl sites for hydroxylation is 2. The summed E-state index contributed by atoms with van der Waals surface area (Å²) >= 11 is 0. The molecule has 0 bridgehead atoms. The Hall–Kier alpha value is -2.36. The van der Waals surface area contributed by atoms with Crippen LogP contribution in [-0.4, -0.2) is 9.55 Å². The minimum absolute atomic E-state index is 0.186. The molecule has 0 aliphatic rings. The van der Waals surface area contributed by atoms with Gasteiger partial charge in [-0.2, -0.15) is 0 Å². The monoisotopic (exact) mass is 312 g/mol. The number of H-pyrrole nitrogens is 1. The van der Waals surface area contributed by atoms with Gasteiger partial charge in [0.2, 0.25) is 0 Å². The molecule has 0 amide bonds. The molecule has 0 unspecified atom stereocenters. The second-order valence-corrected chi connectivity index (χ2v) is 5.90. The summed E-state index contributed by atoms with van der Waals surface area (Å²) in [4.78, 5) is 27.7. The number of hydrogen-bond donors (Lipinski definition) is 1. The first-order valence-corrected chi connectivity index (χ1v) is 7.99. The molecule has 4 heteroatoms. The van der Waals surface area contributed by atoms with Gasteiger partial charge in [-0.25, -0.2) is 4.79 Å². The van der Waals surface area contributed by atoms with Crippen LogP contribution in [0.1, 0.15) is 41.8 Å². The first-order chi connectivity index (χ1) is 11.0. The zero-order chi connectivity index (χ0) is 17.0. The topological polar surface area (TPSA) is 54.9 Å². The van der Waals surface area contributed by atoms with Crippen LogP contribution in [0.5, 0.6) is 0 Å². The second-order valence-electron chi connectivity index (χ2n) is 5.90. The van der Waals surface area contributed by atoms with Gasteiger partial charge in [0.15, 0.2) is 0 Å². The number of hydrogen-bond acceptors (Lipinski definition) is 2. The third-order valence-corrected chi connectivity index (χ3v) is 3.91. The SMILES string of the molecule is C/C=C/Cn1c(=O)[nH]c(Cc2cc(C)cc(C)c2)c(CC)c1=O. The van der Waals surface area contributed by atoms with Gasteiger partial charge in [0, 0.05) is 24.2 Å². The van der Waals surface area contributed by atoms with Gasteiger partial charge in [0.05, 0.1) is 0 Å². The van der Waals surface area contributed by atoms with Crippen molar-refractivity contribution in [3.8, 4) is 0 Å². The van der Waals surface area contributed by atoms with E-state index >= 15 is 0 Å². The molecule has 122 valence electrons. The molecular weight excluding hydrogens is 288 g/mol. The molecule has 0 saturated heterocycles. The molecule has 0 atom stereocenters. The molecule has 0 spiro atoms. The number of aromatic nitrogens is 2. The lowest BCUT2D eigenvalue weighted by Gasteiger charge is -2.11. The smallest absolute Gasteiger partial charge is 0.310 e. The van der Waals surface area contributed by atoms with Gasteiger partial charge < -0.3 is 4.98 Å². The molecule has 1 heterocycles. The summed E-state index contributed by atoms with van der Waals surface area (Å²) in [6, 6.07) is 6.30. The molecule has 2 aromatic rings. The van der Waals surface area contributed by atoms with E-state index < -0.39 is 0 Å². The summed E-state index contributed by atoms with van der Waals surface area (Å²) in [6.45, 7) is 8.22. The molecule has 1 N–H and O–H groups in total. The van der Waals surface area contributed by atoms with E-state index in [2.05, 4.69) is 37.0 Å². The predicted octanol–water partition coefficient (Wildman–Crippen LogP) is 2.88. The molecule has 0 fully saturated rings. The van der Waals surface area contributed by atoms with Crippen LogP contribution in [0.25, 0.3) is 0 Å². The maximum atomic E-state index is 12.6. The van der Waals surface area contributed by atoms with Gasteiger partial charge in [0.1, 0.15) is 0 Å². The lowest BCUT2D eigenvalue weighted by Crippen LogP contribution is -2.38. The Balaban J connectivity index is 2.50. The highest BCUT2D eigenvalue weighted by atomic mass is 16.2. The van der Waals surface area contributed by atoms with Crippen molar-refractivity contribution in [1.82, 2.24) is 9.55 Å². The van der Waals surface area contributed by atoms with Crippen LogP contribution in [0.15, 0.2) is 39.9 Å². The second kappa shape index (κ2) is 7.27. The summed E-state index contributed by atoms with van der Waals surface area (Å²) in [5, 5.41) is 0. The molecule has 23 heavy (non-hydrogen) atoms. The van der Waals surface area contributed by atoms with Crippen molar-refractivity contribution in [3.05, 3.63) is 79.1 Å². The average molecular weight is 312 g/mol. The fourth-order valence-corrected chi connectivity index (χ4v) is 2.92. The van der Waals surface area contributed by atoms with Crippen LogP contribution in [0.3, 0.4) is 0 Å².